The lowest BCUT2D eigenvalue weighted by Crippen LogP contribution is -2.10. The van der Waals surface area contributed by atoms with Crippen molar-refractivity contribution in [1.82, 2.24) is 25.6 Å². The van der Waals surface area contributed by atoms with Gasteiger partial charge in [-0.3, -0.25) is 4.79 Å². The Labute approximate surface area is 126 Å². The summed E-state index contributed by atoms with van der Waals surface area (Å²) in [5.41, 5.74) is 1.78. The molecule has 0 saturated heterocycles. The number of hydrogen-bond donors (Lipinski definition) is 2. The van der Waals surface area contributed by atoms with Crippen molar-refractivity contribution in [3.05, 3.63) is 46.8 Å². The van der Waals surface area contributed by atoms with Crippen molar-refractivity contribution in [1.29, 1.82) is 0 Å². The Kier molecular flexibility index (Phi) is 3.95. The van der Waals surface area contributed by atoms with Crippen molar-refractivity contribution in [3.8, 4) is 28.4 Å². The van der Waals surface area contributed by atoms with Gasteiger partial charge in [0, 0.05) is 5.69 Å². The van der Waals surface area contributed by atoms with Gasteiger partial charge < -0.3 is 9.72 Å². The molecule has 0 spiro atoms. The highest BCUT2D eigenvalue weighted by Gasteiger charge is 2.08. The van der Waals surface area contributed by atoms with Crippen molar-refractivity contribution >= 4 is 0 Å². The third kappa shape index (κ3) is 2.88. The Morgan fingerprint density at radius 1 is 1.14 bits per heavy atom. The Morgan fingerprint density at radius 2 is 1.95 bits per heavy atom. The third-order valence-electron chi connectivity index (χ3n) is 3.15. The summed E-state index contributed by atoms with van der Waals surface area (Å²) < 4.78 is 5.54. The van der Waals surface area contributed by atoms with E-state index in [9.17, 15) is 4.79 Å². The van der Waals surface area contributed by atoms with Crippen LogP contribution in [-0.4, -0.2) is 32.2 Å². The maximum Gasteiger partial charge on any atom is 0.259 e. The second-order valence-electron chi connectivity index (χ2n) is 4.74. The second-order valence-corrected chi connectivity index (χ2v) is 4.74. The van der Waals surface area contributed by atoms with Gasteiger partial charge >= 0.3 is 0 Å². The van der Waals surface area contributed by atoms with Gasteiger partial charge in [-0.25, -0.2) is 5.10 Å². The van der Waals surface area contributed by atoms with Crippen LogP contribution < -0.4 is 10.3 Å². The summed E-state index contributed by atoms with van der Waals surface area (Å²) in [6.45, 7) is 2.75. The van der Waals surface area contributed by atoms with Gasteiger partial charge in [0.05, 0.1) is 12.2 Å². The van der Waals surface area contributed by atoms with Crippen molar-refractivity contribution in [2.45, 2.75) is 13.3 Å². The highest BCUT2D eigenvalue weighted by Crippen LogP contribution is 2.21. The fraction of sp³-hybridized carbons (Fsp3) is 0.200. The van der Waals surface area contributed by atoms with Gasteiger partial charge in [0.25, 0.3) is 5.56 Å². The van der Waals surface area contributed by atoms with Gasteiger partial charge in [0.1, 0.15) is 5.75 Å². The second kappa shape index (κ2) is 6.21. The SMILES string of the molecule is CCCOc1ccc(-c2ccc(-c3nnn[nH]3)c(=O)[nH]2)cc1. The molecule has 7 heteroatoms. The number of hydrogen-bond acceptors (Lipinski definition) is 5. The van der Waals surface area contributed by atoms with E-state index in [4.69, 9.17) is 4.74 Å². The van der Waals surface area contributed by atoms with Crippen LogP contribution in [0.15, 0.2) is 41.2 Å². The van der Waals surface area contributed by atoms with E-state index in [-0.39, 0.29) is 5.56 Å². The summed E-state index contributed by atoms with van der Waals surface area (Å²) >= 11 is 0. The zero-order valence-electron chi connectivity index (χ0n) is 12.0. The summed E-state index contributed by atoms with van der Waals surface area (Å²) in [7, 11) is 0. The lowest BCUT2D eigenvalue weighted by atomic mass is 10.1. The minimum Gasteiger partial charge on any atom is -0.494 e. The highest BCUT2D eigenvalue weighted by molar-refractivity contribution is 5.63. The van der Waals surface area contributed by atoms with Crippen LogP contribution in [0.1, 0.15) is 13.3 Å². The highest BCUT2D eigenvalue weighted by atomic mass is 16.5. The first-order valence-electron chi connectivity index (χ1n) is 6.98. The number of aromatic amines is 2. The van der Waals surface area contributed by atoms with Gasteiger partial charge in [-0.15, -0.1) is 5.10 Å². The van der Waals surface area contributed by atoms with Crippen LogP contribution in [0.5, 0.6) is 5.75 Å². The standard InChI is InChI=1S/C15H15N5O2/c1-2-9-22-11-5-3-10(4-6-11)13-8-7-12(15(21)16-13)14-17-19-20-18-14/h3-8H,2,9H2,1H3,(H,16,21)(H,17,18,19,20). The van der Waals surface area contributed by atoms with Crippen LogP contribution in [0.3, 0.4) is 0 Å². The Morgan fingerprint density at radius 3 is 2.59 bits per heavy atom. The molecule has 0 fully saturated rings. The van der Waals surface area contributed by atoms with E-state index in [0.29, 0.717) is 18.0 Å². The monoisotopic (exact) mass is 297 g/mol. The van der Waals surface area contributed by atoms with Gasteiger partial charge in [-0.1, -0.05) is 6.92 Å². The number of benzene rings is 1. The molecule has 0 radical (unpaired) electrons. The molecule has 0 bridgehead atoms. The minimum atomic E-state index is -0.248. The van der Waals surface area contributed by atoms with Gasteiger partial charge in [-0.2, -0.15) is 0 Å². The molecule has 2 aromatic heterocycles. The van der Waals surface area contributed by atoms with Crippen LogP contribution in [0.25, 0.3) is 22.6 Å². The van der Waals surface area contributed by atoms with E-state index >= 15 is 0 Å². The largest absolute Gasteiger partial charge is 0.494 e. The van der Waals surface area contributed by atoms with E-state index in [1.54, 1.807) is 6.07 Å². The topological polar surface area (TPSA) is 96.6 Å². The number of ether oxygens (including phenoxy) is 1. The zero-order chi connectivity index (χ0) is 15.4. The Bertz CT molecular complexity index is 794. The molecule has 1 aromatic carbocycles. The van der Waals surface area contributed by atoms with Crippen LogP contribution in [0.2, 0.25) is 0 Å². The van der Waals surface area contributed by atoms with Crippen LogP contribution in [0.4, 0.5) is 0 Å². The zero-order valence-corrected chi connectivity index (χ0v) is 12.0. The number of nitrogens with zero attached hydrogens (tertiary/aromatic N) is 3. The maximum atomic E-state index is 12.1. The molecule has 7 nitrogen and oxygen atoms in total. The smallest absolute Gasteiger partial charge is 0.259 e. The lowest BCUT2D eigenvalue weighted by Gasteiger charge is -2.06. The van der Waals surface area contributed by atoms with Gasteiger partial charge in [0.15, 0.2) is 5.82 Å². The number of H-pyrrole nitrogens is 2. The maximum absolute atomic E-state index is 12.1. The molecule has 22 heavy (non-hydrogen) atoms. The molecule has 0 aliphatic rings. The molecule has 0 aliphatic heterocycles. The van der Waals surface area contributed by atoms with Crippen molar-refractivity contribution in [2.75, 3.05) is 6.61 Å². The summed E-state index contributed by atoms with van der Waals surface area (Å²) in [5, 5.41) is 13.2. The minimum absolute atomic E-state index is 0.248. The Hall–Kier alpha value is -2.96. The van der Waals surface area contributed by atoms with Crippen LogP contribution in [-0.2, 0) is 0 Å². The Balaban J connectivity index is 1.86. The van der Waals surface area contributed by atoms with E-state index in [1.165, 1.54) is 0 Å². The fourth-order valence-corrected chi connectivity index (χ4v) is 2.05. The molecule has 0 aliphatic carbocycles. The molecular weight excluding hydrogens is 282 g/mol. The summed E-state index contributed by atoms with van der Waals surface area (Å²) in [4.78, 5) is 15.0. The molecule has 3 aromatic rings. The number of nitrogens with one attached hydrogen (secondary N) is 2. The van der Waals surface area contributed by atoms with E-state index in [1.807, 2.05) is 30.3 Å². The third-order valence-corrected chi connectivity index (χ3v) is 3.15. The van der Waals surface area contributed by atoms with E-state index in [2.05, 4.69) is 32.5 Å². The number of rotatable bonds is 5. The first-order valence-corrected chi connectivity index (χ1v) is 6.98. The van der Waals surface area contributed by atoms with Crippen molar-refractivity contribution in [3.63, 3.8) is 0 Å². The molecule has 0 unspecified atom stereocenters. The van der Waals surface area contributed by atoms with Crippen molar-refractivity contribution in [2.24, 2.45) is 0 Å². The van der Waals surface area contributed by atoms with Crippen LogP contribution in [0, 0.1) is 0 Å². The lowest BCUT2D eigenvalue weighted by molar-refractivity contribution is 0.317. The molecule has 0 atom stereocenters. The molecular formula is C15H15N5O2. The quantitative estimate of drug-likeness (QED) is 0.751. The average Bonchev–Trinajstić information content (AvgIpc) is 3.07. The summed E-state index contributed by atoms with van der Waals surface area (Å²) in [5.74, 6) is 1.16. The number of pyridine rings is 1. The molecule has 3 rings (SSSR count). The summed E-state index contributed by atoms with van der Waals surface area (Å²) in [6, 6.07) is 11.1. The number of aromatic nitrogens is 5. The predicted octanol–water partition coefficient (Wildman–Crippen LogP) is 2.01. The molecule has 2 heterocycles. The molecule has 0 amide bonds. The first-order chi connectivity index (χ1) is 10.8. The van der Waals surface area contributed by atoms with E-state index in [0.717, 1.165) is 23.4 Å². The first kappa shape index (κ1) is 14.0. The average molecular weight is 297 g/mol. The number of tetrazole rings is 1. The normalized spacial score (nSPS) is 10.6. The van der Waals surface area contributed by atoms with Crippen molar-refractivity contribution < 1.29 is 4.74 Å². The predicted molar refractivity (Wildman–Crippen MR) is 81.5 cm³/mol. The summed E-state index contributed by atoms with van der Waals surface area (Å²) in [6.07, 6.45) is 0.965. The van der Waals surface area contributed by atoms with Gasteiger partial charge in [0.2, 0.25) is 0 Å². The fourth-order valence-electron chi connectivity index (χ4n) is 2.05. The van der Waals surface area contributed by atoms with E-state index < -0.39 is 0 Å². The molecule has 0 saturated carbocycles. The molecule has 112 valence electrons. The van der Waals surface area contributed by atoms with Gasteiger partial charge in [-0.05, 0) is 58.8 Å². The van der Waals surface area contributed by atoms with Crippen LogP contribution >= 0.6 is 0 Å². The molecule has 2 N–H and O–H groups in total.